The van der Waals surface area contributed by atoms with Crippen molar-refractivity contribution in [3.8, 4) is 0 Å². The highest BCUT2D eigenvalue weighted by molar-refractivity contribution is 6.06. The molecule has 112 valence electrons. The Balaban J connectivity index is 2.22. The Kier molecular flexibility index (Phi) is 3.62. The first-order valence-corrected chi connectivity index (χ1v) is 6.80. The highest BCUT2D eigenvalue weighted by Crippen LogP contribution is 2.30. The molecule has 0 unspecified atom stereocenters. The monoisotopic (exact) mass is 302 g/mol. The predicted octanol–water partition coefficient (Wildman–Crippen LogP) is 4.93. The van der Waals surface area contributed by atoms with E-state index in [2.05, 4.69) is 0 Å². The number of benzene rings is 3. The van der Waals surface area contributed by atoms with Crippen LogP contribution in [0.1, 0.15) is 5.56 Å². The zero-order valence-electron chi connectivity index (χ0n) is 11.5. The topological polar surface area (TPSA) is 20.2 Å². The zero-order valence-corrected chi connectivity index (χ0v) is 11.5. The Hall–Kier alpha value is -2.33. The van der Waals surface area contributed by atoms with Crippen LogP contribution in [0.4, 0.5) is 13.2 Å². The second-order valence-corrected chi connectivity index (χ2v) is 5.08. The molecule has 0 aliphatic rings. The summed E-state index contributed by atoms with van der Waals surface area (Å²) in [5.74, 6) is 0. The van der Waals surface area contributed by atoms with Crippen LogP contribution in [0.3, 0.4) is 0 Å². The molecule has 0 spiro atoms. The lowest BCUT2D eigenvalue weighted by molar-refractivity contribution is -0.187. The number of rotatable bonds is 2. The summed E-state index contributed by atoms with van der Waals surface area (Å²) < 4.78 is 37.4. The Labute approximate surface area is 125 Å². The molecule has 1 atom stereocenters. The van der Waals surface area contributed by atoms with E-state index in [4.69, 9.17) is 0 Å². The van der Waals surface area contributed by atoms with Gasteiger partial charge in [-0.2, -0.15) is 13.2 Å². The highest BCUT2D eigenvalue weighted by atomic mass is 19.4. The number of halogens is 3. The minimum absolute atomic E-state index is 0.678. The SMILES string of the molecule is O[C@@H](/C=C/c1c2ccccc2cc2ccccc12)C(F)(F)F. The molecule has 0 aliphatic carbocycles. The number of hydrogen-bond acceptors (Lipinski definition) is 1. The van der Waals surface area contributed by atoms with Crippen molar-refractivity contribution >= 4 is 27.6 Å². The van der Waals surface area contributed by atoms with Gasteiger partial charge in [0.15, 0.2) is 6.10 Å². The van der Waals surface area contributed by atoms with Crippen LogP contribution in [0.15, 0.2) is 60.7 Å². The van der Waals surface area contributed by atoms with E-state index >= 15 is 0 Å². The number of alkyl halides is 3. The standard InChI is InChI=1S/C18H13F3O/c19-18(20,21)17(22)10-9-16-14-7-3-1-5-12(14)11-13-6-2-4-8-15(13)16/h1-11,17,22H/b10-9+/t17-/m0/s1. The van der Waals surface area contributed by atoms with Gasteiger partial charge in [0, 0.05) is 0 Å². The van der Waals surface area contributed by atoms with Gasteiger partial charge in [0.05, 0.1) is 0 Å². The summed E-state index contributed by atoms with van der Waals surface area (Å²) >= 11 is 0. The van der Waals surface area contributed by atoms with E-state index in [0.29, 0.717) is 5.56 Å². The van der Waals surface area contributed by atoms with Crippen LogP contribution in [0.2, 0.25) is 0 Å². The van der Waals surface area contributed by atoms with Gasteiger partial charge < -0.3 is 5.11 Å². The lowest BCUT2D eigenvalue weighted by atomic mass is 9.96. The maximum atomic E-state index is 12.5. The second kappa shape index (κ2) is 5.46. The molecule has 3 aromatic rings. The summed E-state index contributed by atoms with van der Waals surface area (Å²) in [4.78, 5) is 0. The van der Waals surface area contributed by atoms with Gasteiger partial charge in [-0.05, 0) is 39.3 Å². The zero-order chi connectivity index (χ0) is 15.7. The number of aliphatic hydroxyl groups is 1. The van der Waals surface area contributed by atoms with Crippen molar-refractivity contribution in [3.63, 3.8) is 0 Å². The molecule has 1 N–H and O–H groups in total. The summed E-state index contributed by atoms with van der Waals surface area (Å²) in [6.45, 7) is 0. The Morgan fingerprint density at radius 2 is 1.36 bits per heavy atom. The number of aliphatic hydroxyl groups excluding tert-OH is 1. The van der Waals surface area contributed by atoms with Crippen LogP contribution in [-0.2, 0) is 0 Å². The first-order valence-electron chi connectivity index (χ1n) is 6.80. The quantitative estimate of drug-likeness (QED) is 0.665. The first-order chi connectivity index (χ1) is 10.5. The van der Waals surface area contributed by atoms with E-state index in [0.717, 1.165) is 27.6 Å². The smallest absolute Gasteiger partial charge is 0.380 e. The van der Waals surface area contributed by atoms with Crippen LogP contribution in [0.5, 0.6) is 0 Å². The largest absolute Gasteiger partial charge is 0.417 e. The molecular weight excluding hydrogens is 289 g/mol. The van der Waals surface area contributed by atoms with E-state index in [1.165, 1.54) is 6.08 Å². The van der Waals surface area contributed by atoms with Gasteiger partial charge in [-0.15, -0.1) is 0 Å². The van der Waals surface area contributed by atoms with Gasteiger partial charge in [-0.3, -0.25) is 0 Å². The molecule has 0 radical (unpaired) electrons. The normalized spacial score (nSPS) is 14.0. The highest BCUT2D eigenvalue weighted by Gasteiger charge is 2.36. The summed E-state index contributed by atoms with van der Waals surface area (Å²) in [5.41, 5.74) is 0.678. The number of fused-ring (bicyclic) bond motifs is 2. The maximum absolute atomic E-state index is 12.5. The third kappa shape index (κ3) is 2.70. The van der Waals surface area contributed by atoms with Gasteiger partial charge in [-0.25, -0.2) is 0 Å². The number of hydrogen-bond donors (Lipinski definition) is 1. The molecule has 0 bridgehead atoms. The molecule has 1 nitrogen and oxygen atoms in total. The Bertz CT molecular complexity index is 796. The van der Waals surface area contributed by atoms with E-state index in [1.54, 1.807) is 0 Å². The van der Waals surface area contributed by atoms with Crippen molar-refractivity contribution in [2.45, 2.75) is 12.3 Å². The molecule has 3 rings (SSSR count). The second-order valence-electron chi connectivity index (χ2n) is 5.08. The Morgan fingerprint density at radius 1 is 0.864 bits per heavy atom. The molecular formula is C18H13F3O. The maximum Gasteiger partial charge on any atom is 0.417 e. The summed E-state index contributed by atoms with van der Waals surface area (Å²) in [7, 11) is 0. The van der Waals surface area contributed by atoms with Gasteiger partial charge in [0.2, 0.25) is 0 Å². The van der Waals surface area contributed by atoms with E-state index in [-0.39, 0.29) is 0 Å². The van der Waals surface area contributed by atoms with E-state index in [9.17, 15) is 18.3 Å². The van der Waals surface area contributed by atoms with Crippen LogP contribution in [0.25, 0.3) is 27.6 Å². The van der Waals surface area contributed by atoms with Crippen LogP contribution >= 0.6 is 0 Å². The minimum atomic E-state index is -4.66. The molecule has 0 amide bonds. The predicted molar refractivity (Wildman–Crippen MR) is 82.5 cm³/mol. The molecule has 0 aromatic heterocycles. The average Bonchev–Trinajstić information content (AvgIpc) is 2.50. The van der Waals surface area contributed by atoms with Crippen molar-refractivity contribution < 1.29 is 18.3 Å². The molecule has 0 aliphatic heterocycles. The fraction of sp³-hybridized carbons (Fsp3) is 0.111. The summed E-state index contributed by atoms with van der Waals surface area (Å²) in [6.07, 6.45) is -4.99. The van der Waals surface area contributed by atoms with Crippen molar-refractivity contribution in [2.24, 2.45) is 0 Å². The third-order valence-corrected chi connectivity index (χ3v) is 3.59. The molecule has 0 saturated carbocycles. The fourth-order valence-electron chi connectivity index (χ4n) is 2.52. The fourth-order valence-corrected chi connectivity index (χ4v) is 2.52. The molecule has 0 heterocycles. The summed E-state index contributed by atoms with van der Waals surface area (Å²) in [5, 5.41) is 12.8. The van der Waals surface area contributed by atoms with Gasteiger partial charge >= 0.3 is 6.18 Å². The molecule has 0 fully saturated rings. The summed E-state index contributed by atoms with van der Waals surface area (Å²) in [6, 6.07) is 17.0. The molecule has 4 heteroatoms. The lowest BCUT2D eigenvalue weighted by Crippen LogP contribution is -2.25. The van der Waals surface area contributed by atoms with Gasteiger partial charge in [0.1, 0.15) is 0 Å². The van der Waals surface area contributed by atoms with Crippen molar-refractivity contribution in [1.29, 1.82) is 0 Å². The first kappa shape index (κ1) is 14.6. The van der Waals surface area contributed by atoms with E-state index < -0.39 is 12.3 Å². The van der Waals surface area contributed by atoms with Crippen molar-refractivity contribution in [2.75, 3.05) is 0 Å². The van der Waals surface area contributed by atoms with Crippen LogP contribution in [0, 0.1) is 0 Å². The van der Waals surface area contributed by atoms with Gasteiger partial charge in [-0.1, -0.05) is 54.6 Å². The lowest BCUT2D eigenvalue weighted by Gasteiger charge is -2.11. The minimum Gasteiger partial charge on any atom is -0.380 e. The molecule has 3 aromatic carbocycles. The van der Waals surface area contributed by atoms with E-state index in [1.807, 2.05) is 54.6 Å². The van der Waals surface area contributed by atoms with Crippen molar-refractivity contribution in [1.82, 2.24) is 0 Å². The average molecular weight is 302 g/mol. The third-order valence-electron chi connectivity index (χ3n) is 3.59. The van der Waals surface area contributed by atoms with Crippen LogP contribution in [-0.4, -0.2) is 17.4 Å². The van der Waals surface area contributed by atoms with Crippen molar-refractivity contribution in [3.05, 3.63) is 66.2 Å². The Morgan fingerprint density at radius 3 is 1.86 bits per heavy atom. The molecule has 0 saturated heterocycles. The van der Waals surface area contributed by atoms with Crippen LogP contribution < -0.4 is 0 Å². The van der Waals surface area contributed by atoms with Gasteiger partial charge in [0.25, 0.3) is 0 Å². The molecule has 22 heavy (non-hydrogen) atoms.